The molecule has 0 saturated carbocycles. The highest BCUT2D eigenvalue weighted by Gasteiger charge is 2.51. The summed E-state index contributed by atoms with van der Waals surface area (Å²) in [5.74, 6) is -0.202. The average Bonchev–Trinajstić information content (AvgIpc) is 3.34. The number of carbonyl (C=O) groups is 1. The second-order valence-corrected chi connectivity index (χ2v) is 20.4. The topological polar surface area (TPSA) is 228 Å². The summed E-state index contributed by atoms with van der Waals surface area (Å²) < 4.78 is 22.8. The van der Waals surface area contributed by atoms with Gasteiger partial charge in [0.1, 0.15) is 48.8 Å². The highest BCUT2D eigenvalue weighted by atomic mass is 16.7. The Kier molecular flexibility index (Phi) is 38.5. The molecule has 2 fully saturated rings. The first-order chi connectivity index (χ1) is 33.1. The number of hydrogen-bond donors (Lipinski definition) is 9. The molecule has 2 aliphatic heterocycles. The maximum absolute atomic E-state index is 13.2. The zero-order valence-corrected chi connectivity index (χ0v) is 43.1. The standard InChI is InChI=1S/C54H105NO13/c1-3-5-7-9-11-13-15-17-19-20-21-22-24-25-27-29-31-33-35-37-43(58)42(55-46(59)38-36-34-32-30-28-26-23-18-16-14-12-10-8-6-4-2)41-65-53-51(64)49(62)52(45(40-57)67-53)68-54-50(63)48(61)47(60)44(39-56)66-54/h42-45,47-54,56-58,60-64H,3-41H2,1-2H3,(H,55,59). The summed E-state index contributed by atoms with van der Waals surface area (Å²) in [5.41, 5.74) is 0. The van der Waals surface area contributed by atoms with Gasteiger partial charge < -0.3 is 65.1 Å². The molecule has 14 nitrogen and oxygen atoms in total. The Balaban J connectivity index is 1.78. The van der Waals surface area contributed by atoms with Crippen LogP contribution in [-0.4, -0.2) is 140 Å². The van der Waals surface area contributed by atoms with Crippen LogP contribution in [0.5, 0.6) is 0 Å². The van der Waals surface area contributed by atoms with E-state index in [-0.39, 0.29) is 12.5 Å². The van der Waals surface area contributed by atoms with Crippen LogP contribution in [0.2, 0.25) is 0 Å². The van der Waals surface area contributed by atoms with Crippen LogP contribution >= 0.6 is 0 Å². The molecule has 2 aliphatic rings. The Hall–Kier alpha value is -1.01. The van der Waals surface area contributed by atoms with Gasteiger partial charge in [-0.2, -0.15) is 0 Å². The van der Waals surface area contributed by atoms with Crippen LogP contribution < -0.4 is 5.32 Å². The van der Waals surface area contributed by atoms with E-state index in [0.717, 1.165) is 51.4 Å². The zero-order valence-electron chi connectivity index (χ0n) is 43.1. The summed E-state index contributed by atoms with van der Waals surface area (Å²) in [6.45, 7) is 2.88. The number of aliphatic hydroxyl groups excluding tert-OH is 8. The Morgan fingerprint density at radius 1 is 0.471 bits per heavy atom. The van der Waals surface area contributed by atoms with Crippen LogP contribution in [0.4, 0.5) is 0 Å². The quantitative estimate of drug-likeness (QED) is 0.0261. The third-order valence-corrected chi connectivity index (χ3v) is 14.3. The van der Waals surface area contributed by atoms with Crippen molar-refractivity contribution in [3.05, 3.63) is 0 Å². The Labute approximate surface area is 413 Å². The van der Waals surface area contributed by atoms with Crippen molar-refractivity contribution >= 4 is 5.91 Å². The molecule has 12 atom stereocenters. The summed E-state index contributed by atoms with van der Waals surface area (Å²) >= 11 is 0. The molecule has 0 aromatic rings. The van der Waals surface area contributed by atoms with E-state index in [1.807, 2.05) is 0 Å². The minimum Gasteiger partial charge on any atom is -0.394 e. The molecule has 0 spiro atoms. The summed E-state index contributed by atoms with van der Waals surface area (Å²) in [7, 11) is 0. The molecule has 9 N–H and O–H groups in total. The molecule has 2 saturated heterocycles. The molecular formula is C54H105NO13. The highest BCUT2D eigenvalue weighted by molar-refractivity contribution is 5.76. The van der Waals surface area contributed by atoms with Crippen LogP contribution in [-0.2, 0) is 23.7 Å². The van der Waals surface area contributed by atoms with E-state index in [1.165, 1.54) is 167 Å². The molecule has 1 amide bonds. The fraction of sp³-hybridized carbons (Fsp3) is 0.981. The monoisotopic (exact) mass is 976 g/mol. The number of amides is 1. The smallest absolute Gasteiger partial charge is 0.220 e. The first kappa shape index (κ1) is 63.1. The van der Waals surface area contributed by atoms with E-state index in [9.17, 15) is 45.6 Å². The first-order valence-electron chi connectivity index (χ1n) is 28.3. The number of unbranched alkanes of at least 4 members (excludes halogenated alkanes) is 32. The Morgan fingerprint density at radius 3 is 1.25 bits per heavy atom. The van der Waals surface area contributed by atoms with Crippen molar-refractivity contribution in [2.45, 2.75) is 319 Å². The molecule has 2 heterocycles. The van der Waals surface area contributed by atoms with E-state index >= 15 is 0 Å². The summed E-state index contributed by atoms with van der Waals surface area (Å²) in [5, 5.41) is 87.1. The summed E-state index contributed by atoms with van der Waals surface area (Å²) in [4.78, 5) is 13.2. The van der Waals surface area contributed by atoms with Crippen LogP contribution in [0.1, 0.15) is 245 Å². The fourth-order valence-corrected chi connectivity index (χ4v) is 9.71. The van der Waals surface area contributed by atoms with Crippen LogP contribution in [0.3, 0.4) is 0 Å². The van der Waals surface area contributed by atoms with E-state index in [4.69, 9.17) is 18.9 Å². The van der Waals surface area contributed by atoms with Crippen molar-refractivity contribution in [1.29, 1.82) is 0 Å². The van der Waals surface area contributed by atoms with Gasteiger partial charge in [0.15, 0.2) is 12.6 Å². The fourth-order valence-electron chi connectivity index (χ4n) is 9.71. The van der Waals surface area contributed by atoms with Crippen LogP contribution in [0.15, 0.2) is 0 Å². The van der Waals surface area contributed by atoms with Gasteiger partial charge in [0.2, 0.25) is 5.91 Å². The van der Waals surface area contributed by atoms with Gasteiger partial charge in [-0.1, -0.05) is 226 Å². The second kappa shape index (κ2) is 41.5. The number of rotatable bonds is 45. The van der Waals surface area contributed by atoms with Crippen molar-refractivity contribution < 1.29 is 64.6 Å². The van der Waals surface area contributed by atoms with E-state index in [2.05, 4.69) is 19.2 Å². The molecule has 0 aliphatic carbocycles. The lowest BCUT2D eigenvalue weighted by atomic mass is 9.97. The zero-order chi connectivity index (χ0) is 49.6. The van der Waals surface area contributed by atoms with Gasteiger partial charge in [0.05, 0.1) is 32.0 Å². The SMILES string of the molecule is CCCCCCCCCCCCCCCCCCCCCC(O)C(COC1OC(CO)C(OC2OC(CO)C(O)C(O)C2O)C(O)C1O)NC(=O)CCCCCCCCCCCCCCCCC. The molecule has 404 valence electrons. The van der Waals surface area contributed by atoms with Gasteiger partial charge in [-0.3, -0.25) is 4.79 Å². The first-order valence-corrected chi connectivity index (χ1v) is 28.3. The molecule has 2 rings (SSSR count). The highest BCUT2D eigenvalue weighted by Crippen LogP contribution is 2.30. The lowest BCUT2D eigenvalue weighted by molar-refractivity contribution is -0.359. The largest absolute Gasteiger partial charge is 0.394 e. The van der Waals surface area contributed by atoms with Crippen molar-refractivity contribution in [2.24, 2.45) is 0 Å². The molecule has 0 bridgehead atoms. The number of hydrogen-bond acceptors (Lipinski definition) is 13. The minimum absolute atomic E-state index is 0.202. The van der Waals surface area contributed by atoms with E-state index < -0.39 is 86.8 Å². The molecule has 68 heavy (non-hydrogen) atoms. The predicted octanol–water partition coefficient (Wildman–Crippen LogP) is 8.56. The third kappa shape index (κ3) is 27.7. The van der Waals surface area contributed by atoms with Gasteiger partial charge in [0.25, 0.3) is 0 Å². The van der Waals surface area contributed by atoms with Crippen molar-refractivity contribution in [3.8, 4) is 0 Å². The van der Waals surface area contributed by atoms with Gasteiger partial charge in [-0.05, 0) is 12.8 Å². The summed E-state index contributed by atoms with van der Waals surface area (Å²) in [6, 6.07) is -0.821. The predicted molar refractivity (Wildman–Crippen MR) is 268 cm³/mol. The van der Waals surface area contributed by atoms with Gasteiger partial charge in [-0.25, -0.2) is 0 Å². The van der Waals surface area contributed by atoms with Gasteiger partial charge in [-0.15, -0.1) is 0 Å². The molecule has 0 aromatic carbocycles. The van der Waals surface area contributed by atoms with Crippen molar-refractivity contribution in [3.63, 3.8) is 0 Å². The number of nitrogens with one attached hydrogen (secondary N) is 1. The molecular weight excluding hydrogens is 871 g/mol. The lowest BCUT2D eigenvalue weighted by Gasteiger charge is -2.46. The molecule has 12 unspecified atom stereocenters. The summed E-state index contributed by atoms with van der Waals surface area (Å²) in [6.07, 6.45) is 26.7. The number of aliphatic hydroxyl groups is 8. The number of ether oxygens (including phenoxy) is 4. The van der Waals surface area contributed by atoms with Gasteiger partial charge in [0, 0.05) is 6.42 Å². The maximum Gasteiger partial charge on any atom is 0.220 e. The Morgan fingerprint density at radius 2 is 0.838 bits per heavy atom. The van der Waals surface area contributed by atoms with Crippen molar-refractivity contribution in [1.82, 2.24) is 5.32 Å². The normalized spacial score (nSPS) is 26.3. The second-order valence-electron chi connectivity index (χ2n) is 20.4. The van der Waals surface area contributed by atoms with Gasteiger partial charge >= 0.3 is 0 Å². The molecule has 14 heteroatoms. The van der Waals surface area contributed by atoms with E-state index in [0.29, 0.717) is 12.8 Å². The third-order valence-electron chi connectivity index (χ3n) is 14.3. The van der Waals surface area contributed by atoms with Crippen LogP contribution in [0, 0.1) is 0 Å². The lowest BCUT2D eigenvalue weighted by Crippen LogP contribution is -2.65. The molecule has 0 aromatic heterocycles. The van der Waals surface area contributed by atoms with Crippen molar-refractivity contribution in [2.75, 3.05) is 19.8 Å². The number of carbonyl (C=O) groups excluding carboxylic acids is 1. The van der Waals surface area contributed by atoms with Crippen LogP contribution in [0.25, 0.3) is 0 Å². The maximum atomic E-state index is 13.2. The van der Waals surface area contributed by atoms with E-state index in [1.54, 1.807) is 0 Å². The minimum atomic E-state index is -1.78. The Bertz CT molecular complexity index is 1150. The molecule has 0 radical (unpaired) electrons. The average molecular weight is 976 g/mol.